The number of carbonyl (C=O) groups is 2. The van der Waals surface area contributed by atoms with Crippen molar-refractivity contribution >= 4 is 17.6 Å². The van der Waals surface area contributed by atoms with E-state index in [4.69, 9.17) is 4.74 Å². The fraction of sp³-hybridized carbons (Fsp3) is 0.355. The topological polar surface area (TPSA) is 49.9 Å². The highest BCUT2D eigenvalue weighted by molar-refractivity contribution is 5.79. The van der Waals surface area contributed by atoms with Gasteiger partial charge in [0.1, 0.15) is 5.82 Å². The molecular formula is C31H35FN2O3. The van der Waals surface area contributed by atoms with Crippen LogP contribution in [0.1, 0.15) is 42.0 Å². The van der Waals surface area contributed by atoms with Gasteiger partial charge in [0.25, 0.3) is 0 Å². The Morgan fingerprint density at radius 3 is 2.19 bits per heavy atom. The molecule has 1 heterocycles. The molecule has 1 saturated heterocycles. The molecule has 6 heteroatoms. The molecule has 5 nitrogen and oxygen atoms in total. The molecule has 0 saturated carbocycles. The molecule has 194 valence electrons. The Morgan fingerprint density at radius 1 is 0.919 bits per heavy atom. The summed E-state index contributed by atoms with van der Waals surface area (Å²) in [4.78, 5) is 28.9. The van der Waals surface area contributed by atoms with E-state index >= 15 is 0 Å². The third-order valence-corrected chi connectivity index (χ3v) is 6.84. The number of esters is 1. The van der Waals surface area contributed by atoms with Crippen LogP contribution >= 0.6 is 0 Å². The van der Waals surface area contributed by atoms with Crippen molar-refractivity contribution in [1.82, 2.24) is 4.90 Å². The average molecular weight is 503 g/mol. The highest BCUT2D eigenvalue weighted by atomic mass is 19.1. The summed E-state index contributed by atoms with van der Waals surface area (Å²) in [6, 6.07) is 23.1. The number of nitrogens with zero attached hydrogens (tertiary/aromatic N) is 2. The number of anilines is 1. The van der Waals surface area contributed by atoms with Crippen molar-refractivity contribution < 1.29 is 18.7 Å². The number of hydrogen-bond acceptors (Lipinski definition) is 4. The minimum Gasteiger partial charge on any atom is -0.466 e. The van der Waals surface area contributed by atoms with Gasteiger partial charge in [0, 0.05) is 31.9 Å². The fourth-order valence-corrected chi connectivity index (χ4v) is 4.86. The van der Waals surface area contributed by atoms with Gasteiger partial charge in [0.15, 0.2) is 0 Å². The Balaban J connectivity index is 1.42. The van der Waals surface area contributed by atoms with Crippen LogP contribution in [-0.2, 0) is 33.8 Å². The number of piperidine rings is 1. The van der Waals surface area contributed by atoms with Crippen LogP contribution in [0.15, 0.2) is 72.8 Å². The molecule has 0 aromatic heterocycles. The van der Waals surface area contributed by atoms with Gasteiger partial charge in [0.05, 0.1) is 18.9 Å². The van der Waals surface area contributed by atoms with Gasteiger partial charge in [-0.25, -0.2) is 4.39 Å². The Labute approximate surface area is 218 Å². The zero-order chi connectivity index (χ0) is 26.2. The quantitative estimate of drug-likeness (QED) is 0.353. The molecule has 0 unspecified atom stereocenters. The predicted molar refractivity (Wildman–Crippen MR) is 144 cm³/mol. The minimum atomic E-state index is -0.242. The van der Waals surface area contributed by atoms with Crippen LogP contribution in [0.5, 0.6) is 0 Å². The molecule has 3 aromatic rings. The van der Waals surface area contributed by atoms with Gasteiger partial charge in [-0.05, 0) is 67.6 Å². The predicted octanol–water partition coefficient (Wildman–Crippen LogP) is 5.69. The average Bonchev–Trinajstić information content (AvgIpc) is 2.89. The number of likely N-dealkylation sites (tertiary alicyclic amines) is 1. The lowest BCUT2D eigenvalue weighted by Crippen LogP contribution is -2.41. The van der Waals surface area contributed by atoms with Gasteiger partial charge < -0.3 is 14.5 Å². The van der Waals surface area contributed by atoms with Crippen LogP contribution in [0.4, 0.5) is 10.1 Å². The lowest BCUT2D eigenvalue weighted by molar-refractivity contribution is -0.151. The summed E-state index contributed by atoms with van der Waals surface area (Å²) in [7, 11) is 0. The number of aryl methyl sites for hydroxylation is 1. The van der Waals surface area contributed by atoms with Crippen molar-refractivity contribution in [2.45, 2.75) is 46.2 Å². The van der Waals surface area contributed by atoms with Crippen molar-refractivity contribution in [2.75, 3.05) is 24.6 Å². The second-order valence-electron chi connectivity index (χ2n) is 9.73. The summed E-state index contributed by atoms with van der Waals surface area (Å²) in [5.41, 5.74) is 5.24. The minimum absolute atomic E-state index is 0.0754. The van der Waals surface area contributed by atoms with E-state index in [1.54, 1.807) is 12.1 Å². The van der Waals surface area contributed by atoms with Crippen LogP contribution in [0.25, 0.3) is 0 Å². The third kappa shape index (κ3) is 7.42. The van der Waals surface area contributed by atoms with Crippen LogP contribution < -0.4 is 4.90 Å². The monoisotopic (exact) mass is 502 g/mol. The van der Waals surface area contributed by atoms with Gasteiger partial charge in [-0.1, -0.05) is 54.1 Å². The first-order valence-electron chi connectivity index (χ1n) is 13.0. The molecule has 0 aliphatic carbocycles. The van der Waals surface area contributed by atoms with E-state index in [0.29, 0.717) is 52.0 Å². The first-order valence-corrected chi connectivity index (χ1v) is 13.0. The molecular weight excluding hydrogens is 467 g/mol. The summed E-state index contributed by atoms with van der Waals surface area (Å²) in [6.07, 6.45) is 1.63. The number of carbonyl (C=O) groups excluding carboxylic acids is 2. The molecule has 0 radical (unpaired) electrons. The van der Waals surface area contributed by atoms with Crippen LogP contribution in [-0.4, -0.2) is 36.5 Å². The lowest BCUT2D eigenvalue weighted by Gasteiger charge is -2.31. The molecule has 0 spiro atoms. The number of hydrogen-bond donors (Lipinski definition) is 0. The zero-order valence-corrected chi connectivity index (χ0v) is 21.7. The molecule has 0 bridgehead atoms. The van der Waals surface area contributed by atoms with E-state index in [1.165, 1.54) is 17.2 Å². The van der Waals surface area contributed by atoms with Crippen molar-refractivity contribution in [3.63, 3.8) is 0 Å². The summed E-state index contributed by atoms with van der Waals surface area (Å²) in [5, 5.41) is 0. The first kappa shape index (κ1) is 26.4. The second-order valence-corrected chi connectivity index (χ2v) is 9.73. The summed E-state index contributed by atoms with van der Waals surface area (Å²) < 4.78 is 19.0. The first-order chi connectivity index (χ1) is 17.9. The van der Waals surface area contributed by atoms with E-state index in [0.717, 1.165) is 16.8 Å². The number of rotatable bonds is 9. The largest absolute Gasteiger partial charge is 0.466 e. The number of benzene rings is 3. The van der Waals surface area contributed by atoms with Gasteiger partial charge in [-0.3, -0.25) is 9.59 Å². The Hall–Kier alpha value is -3.67. The fourth-order valence-electron chi connectivity index (χ4n) is 4.86. The van der Waals surface area contributed by atoms with E-state index in [9.17, 15) is 14.0 Å². The lowest BCUT2D eigenvalue weighted by atomic mass is 9.96. The van der Waals surface area contributed by atoms with Crippen molar-refractivity contribution in [1.29, 1.82) is 0 Å². The van der Waals surface area contributed by atoms with E-state index in [2.05, 4.69) is 36.1 Å². The summed E-state index contributed by atoms with van der Waals surface area (Å²) in [6.45, 7) is 6.69. The molecule has 1 aliphatic rings. The highest BCUT2D eigenvalue weighted by Gasteiger charge is 2.28. The molecule has 4 rings (SSSR count). The molecule has 1 amide bonds. The molecule has 37 heavy (non-hydrogen) atoms. The third-order valence-electron chi connectivity index (χ3n) is 6.84. The molecule has 1 fully saturated rings. The molecule has 1 aliphatic heterocycles. The Morgan fingerprint density at radius 2 is 1.57 bits per heavy atom. The van der Waals surface area contributed by atoms with E-state index < -0.39 is 0 Å². The van der Waals surface area contributed by atoms with Crippen LogP contribution in [0.2, 0.25) is 0 Å². The maximum absolute atomic E-state index is 13.8. The van der Waals surface area contributed by atoms with E-state index in [-0.39, 0.29) is 23.6 Å². The number of ether oxygens (including phenoxy) is 1. The van der Waals surface area contributed by atoms with Gasteiger partial charge in [-0.15, -0.1) is 0 Å². The number of amides is 1. The van der Waals surface area contributed by atoms with Gasteiger partial charge in [0.2, 0.25) is 5.91 Å². The van der Waals surface area contributed by atoms with Crippen LogP contribution in [0.3, 0.4) is 0 Å². The second kappa shape index (κ2) is 12.5. The van der Waals surface area contributed by atoms with E-state index in [1.807, 2.05) is 42.2 Å². The van der Waals surface area contributed by atoms with Crippen molar-refractivity contribution in [2.24, 2.45) is 5.92 Å². The summed E-state index contributed by atoms with van der Waals surface area (Å²) >= 11 is 0. The number of halogens is 1. The van der Waals surface area contributed by atoms with Crippen molar-refractivity contribution in [3.8, 4) is 0 Å². The van der Waals surface area contributed by atoms with Crippen molar-refractivity contribution in [3.05, 3.63) is 101 Å². The van der Waals surface area contributed by atoms with Gasteiger partial charge >= 0.3 is 5.97 Å². The maximum atomic E-state index is 13.8. The Bertz CT molecular complexity index is 1160. The SMILES string of the molecule is CCOC(=O)C1CCN(C(=O)Cc2ccc(N(Cc3cccc(C)c3)Cc3cccc(F)c3)cc2)CC1. The summed E-state index contributed by atoms with van der Waals surface area (Å²) in [5.74, 6) is -0.431. The highest BCUT2D eigenvalue weighted by Crippen LogP contribution is 2.23. The molecule has 0 atom stereocenters. The standard InChI is InChI=1S/C31H35FN2O3/c1-3-37-31(36)27-14-16-33(17-15-27)30(35)20-24-10-12-29(13-11-24)34(21-25-7-4-6-23(2)18-25)22-26-8-5-9-28(32)19-26/h4-13,18-19,27H,3,14-17,20-22H2,1-2H3. The van der Waals surface area contributed by atoms with Gasteiger partial charge in [-0.2, -0.15) is 0 Å². The zero-order valence-electron chi connectivity index (χ0n) is 21.7. The molecule has 3 aromatic carbocycles. The Kier molecular flexibility index (Phi) is 8.94. The molecule has 0 N–H and O–H groups in total. The normalized spacial score (nSPS) is 13.9. The maximum Gasteiger partial charge on any atom is 0.309 e. The van der Waals surface area contributed by atoms with Crippen LogP contribution in [0, 0.1) is 18.7 Å². The smallest absolute Gasteiger partial charge is 0.309 e.